The lowest BCUT2D eigenvalue weighted by Crippen LogP contribution is -2.18. The molecule has 3 aromatic rings. The van der Waals surface area contributed by atoms with Crippen LogP contribution >= 0.6 is 0 Å². The van der Waals surface area contributed by atoms with Crippen molar-refractivity contribution in [2.45, 2.75) is 44.1 Å². The molecule has 1 N–H and O–H groups in total. The summed E-state index contributed by atoms with van der Waals surface area (Å²) in [5, 5.41) is 19.0. The maximum absolute atomic E-state index is 12.4. The number of hydrogen-bond acceptors (Lipinski definition) is 4. The molecule has 1 fully saturated rings. The highest BCUT2D eigenvalue weighted by molar-refractivity contribution is 5.53. The van der Waals surface area contributed by atoms with E-state index in [1.54, 1.807) is 32.0 Å². The highest BCUT2D eigenvalue weighted by Gasteiger charge is 2.50. The fourth-order valence-electron chi connectivity index (χ4n) is 3.46. The zero-order chi connectivity index (χ0) is 19.4. The molecule has 0 saturated heterocycles. The summed E-state index contributed by atoms with van der Waals surface area (Å²) in [7, 11) is 0. The fraction of sp³-hybridized carbons (Fsp3) is 0.368. The number of halogens is 3. The third-order valence-electron chi connectivity index (χ3n) is 4.91. The van der Waals surface area contributed by atoms with Gasteiger partial charge in [0.1, 0.15) is 11.6 Å². The Morgan fingerprint density at radius 3 is 2.30 bits per heavy atom. The average Bonchev–Trinajstić information content (AvgIpc) is 3.25. The minimum absolute atomic E-state index is 0.252. The Hall–Kier alpha value is -2.61. The first-order valence-electron chi connectivity index (χ1n) is 8.54. The summed E-state index contributed by atoms with van der Waals surface area (Å²) in [5.74, 6) is 0.463. The lowest BCUT2D eigenvalue weighted by Gasteiger charge is -2.19. The average molecular weight is 377 g/mol. The van der Waals surface area contributed by atoms with Crippen molar-refractivity contribution in [1.82, 2.24) is 14.6 Å². The number of benzene rings is 1. The van der Waals surface area contributed by atoms with Crippen molar-refractivity contribution < 1.29 is 23.0 Å². The number of aliphatic hydroxyl groups is 1. The molecule has 27 heavy (non-hydrogen) atoms. The van der Waals surface area contributed by atoms with E-state index in [0.29, 0.717) is 17.0 Å². The van der Waals surface area contributed by atoms with Crippen molar-refractivity contribution in [3.05, 3.63) is 59.5 Å². The van der Waals surface area contributed by atoms with Crippen LogP contribution in [0.2, 0.25) is 0 Å². The third-order valence-corrected chi connectivity index (χ3v) is 4.91. The SMILES string of the molecule is CC(C)(O)c1cccn2c(C3(c4ccc(OC(F)(F)F)cc4)CC3)nnc12. The molecule has 0 aliphatic heterocycles. The summed E-state index contributed by atoms with van der Waals surface area (Å²) in [4.78, 5) is 0. The number of pyridine rings is 1. The van der Waals surface area contributed by atoms with Gasteiger partial charge in [-0.05, 0) is 50.5 Å². The van der Waals surface area contributed by atoms with E-state index in [0.717, 1.165) is 18.4 Å². The van der Waals surface area contributed by atoms with E-state index in [2.05, 4.69) is 14.9 Å². The lowest BCUT2D eigenvalue weighted by atomic mass is 9.94. The van der Waals surface area contributed by atoms with Gasteiger partial charge in [0.05, 0.1) is 11.0 Å². The Kier molecular flexibility index (Phi) is 3.75. The van der Waals surface area contributed by atoms with Gasteiger partial charge in [0.2, 0.25) is 0 Å². The smallest absolute Gasteiger partial charge is 0.406 e. The van der Waals surface area contributed by atoms with Gasteiger partial charge in [0.15, 0.2) is 5.65 Å². The largest absolute Gasteiger partial charge is 0.573 e. The van der Waals surface area contributed by atoms with E-state index in [-0.39, 0.29) is 5.75 Å². The first kappa shape index (κ1) is 17.8. The monoisotopic (exact) mass is 377 g/mol. The van der Waals surface area contributed by atoms with Crippen molar-refractivity contribution in [2.24, 2.45) is 0 Å². The topological polar surface area (TPSA) is 59.7 Å². The van der Waals surface area contributed by atoms with E-state index in [4.69, 9.17) is 0 Å². The van der Waals surface area contributed by atoms with Gasteiger partial charge >= 0.3 is 6.36 Å². The summed E-state index contributed by atoms with van der Waals surface area (Å²) < 4.78 is 42.9. The van der Waals surface area contributed by atoms with Crippen LogP contribution in [0.25, 0.3) is 5.65 Å². The summed E-state index contributed by atoms with van der Waals surface area (Å²) in [6.07, 6.45) is -1.24. The van der Waals surface area contributed by atoms with E-state index in [9.17, 15) is 18.3 Å². The summed E-state index contributed by atoms with van der Waals surface area (Å²) in [6, 6.07) is 9.52. The molecule has 8 heteroatoms. The van der Waals surface area contributed by atoms with Gasteiger partial charge in [-0.15, -0.1) is 23.4 Å². The summed E-state index contributed by atoms with van der Waals surface area (Å²) >= 11 is 0. The zero-order valence-corrected chi connectivity index (χ0v) is 14.8. The highest BCUT2D eigenvalue weighted by atomic mass is 19.4. The van der Waals surface area contributed by atoms with Gasteiger partial charge in [0.25, 0.3) is 0 Å². The van der Waals surface area contributed by atoms with Gasteiger partial charge in [-0.1, -0.05) is 18.2 Å². The number of alkyl halides is 3. The molecule has 2 aromatic heterocycles. The minimum atomic E-state index is -4.71. The highest BCUT2D eigenvalue weighted by Crippen LogP contribution is 2.53. The molecular formula is C19H18F3N3O2. The Balaban J connectivity index is 1.73. The van der Waals surface area contributed by atoms with Gasteiger partial charge in [0, 0.05) is 11.8 Å². The second-order valence-electron chi connectivity index (χ2n) is 7.35. The Morgan fingerprint density at radius 2 is 1.74 bits per heavy atom. The molecule has 5 nitrogen and oxygen atoms in total. The second kappa shape index (κ2) is 5.69. The van der Waals surface area contributed by atoms with Gasteiger partial charge in [-0.2, -0.15) is 0 Å². The van der Waals surface area contributed by atoms with Crippen LogP contribution in [0.5, 0.6) is 5.75 Å². The molecule has 0 unspecified atom stereocenters. The van der Waals surface area contributed by atoms with E-state index in [1.807, 2.05) is 16.7 Å². The van der Waals surface area contributed by atoms with Crippen LogP contribution < -0.4 is 4.74 Å². The van der Waals surface area contributed by atoms with E-state index in [1.165, 1.54) is 12.1 Å². The lowest BCUT2D eigenvalue weighted by molar-refractivity contribution is -0.274. The number of aromatic nitrogens is 3. The number of ether oxygens (including phenoxy) is 1. The number of nitrogens with zero attached hydrogens (tertiary/aromatic N) is 3. The molecule has 0 bridgehead atoms. The van der Waals surface area contributed by atoms with Crippen molar-refractivity contribution in [3.8, 4) is 5.75 Å². The normalized spacial score (nSPS) is 16.5. The Morgan fingerprint density at radius 1 is 1.07 bits per heavy atom. The number of hydrogen-bond donors (Lipinski definition) is 1. The van der Waals surface area contributed by atoms with Crippen LogP contribution in [0, 0.1) is 0 Å². The molecule has 1 aromatic carbocycles. The summed E-state index contributed by atoms with van der Waals surface area (Å²) in [6.45, 7) is 3.37. The van der Waals surface area contributed by atoms with Gasteiger partial charge < -0.3 is 9.84 Å². The molecule has 4 rings (SSSR count). The van der Waals surface area contributed by atoms with Gasteiger partial charge in [-0.25, -0.2) is 0 Å². The van der Waals surface area contributed by atoms with Crippen LogP contribution in [0.3, 0.4) is 0 Å². The predicted molar refractivity (Wildman–Crippen MR) is 91.4 cm³/mol. The van der Waals surface area contributed by atoms with Crippen molar-refractivity contribution in [1.29, 1.82) is 0 Å². The van der Waals surface area contributed by atoms with Crippen LogP contribution in [-0.2, 0) is 11.0 Å². The number of fused-ring (bicyclic) bond motifs is 1. The van der Waals surface area contributed by atoms with E-state index >= 15 is 0 Å². The minimum Gasteiger partial charge on any atom is -0.406 e. The Bertz CT molecular complexity index is 984. The molecule has 1 aliphatic carbocycles. The van der Waals surface area contributed by atoms with Crippen molar-refractivity contribution >= 4 is 5.65 Å². The first-order chi connectivity index (χ1) is 12.6. The fourth-order valence-corrected chi connectivity index (χ4v) is 3.46. The first-order valence-corrected chi connectivity index (χ1v) is 8.54. The second-order valence-corrected chi connectivity index (χ2v) is 7.35. The molecule has 0 atom stereocenters. The molecule has 142 valence electrons. The molecule has 1 aliphatic rings. The standard InChI is InChI=1S/C19H18F3N3O2/c1-17(2,26)14-4-3-11-25-15(14)23-24-16(25)18(9-10-18)12-5-7-13(8-6-12)27-19(20,21)22/h3-8,11,26H,9-10H2,1-2H3. The van der Waals surface area contributed by atoms with Crippen molar-refractivity contribution in [3.63, 3.8) is 0 Å². The van der Waals surface area contributed by atoms with Crippen LogP contribution in [-0.4, -0.2) is 26.1 Å². The molecular weight excluding hydrogens is 359 g/mol. The van der Waals surface area contributed by atoms with Crippen LogP contribution in [0.4, 0.5) is 13.2 Å². The van der Waals surface area contributed by atoms with Crippen LogP contribution in [0.1, 0.15) is 43.6 Å². The molecule has 0 radical (unpaired) electrons. The van der Waals surface area contributed by atoms with Crippen LogP contribution in [0.15, 0.2) is 42.6 Å². The summed E-state index contributed by atoms with van der Waals surface area (Å²) in [5.41, 5.74) is 0.630. The van der Waals surface area contributed by atoms with Crippen molar-refractivity contribution in [2.75, 3.05) is 0 Å². The number of rotatable bonds is 4. The molecule has 2 heterocycles. The maximum atomic E-state index is 12.4. The molecule has 1 saturated carbocycles. The predicted octanol–water partition coefficient (Wildman–Crippen LogP) is 3.94. The van der Waals surface area contributed by atoms with E-state index < -0.39 is 17.4 Å². The zero-order valence-electron chi connectivity index (χ0n) is 14.8. The van der Waals surface area contributed by atoms with Gasteiger partial charge in [-0.3, -0.25) is 4.40 Å². The maximum Gasteiger partial charge on any atom is 0.573 e. The quantitative estimate of drug-likeness (QED) is 0.748. The molecule has 0 spiro atoms. The third kappa shape index (κ3) is 3.14. The molecule has 0 amide bonds. The Labute approximate surface area is 153 Å².